The van der Waals surface area contributed by atoms with Crippen LogP contribution in [0.1, 0.15) is 6.42 Å². The van der Waals surface area contributed by atoms with Gasteiger partial charge in [-0.3, -0.25) is 9.29 Å². The van der Waals surface area contributed by atoms with E-state index in [1.807, 2.05) is 30.3 Å². The Bertz CT molecular complexity index is 1530. The monoisotopic (exact) mass is 555 g/mol. The number of ether oxygens (including phenoxy) is 2. The molecule has 0 spiro atoms. The van der Waals surface area contributed by atoms with Gasteiger partial charge >= 0.3 is 0 Å². The second-order valence-electron chi connectivity index (χ2n) is 8.82. The number of para-hydroxylation sites is 1. The minimum atomic E-state index is -4.14. The van der Waals surface area contributed by atoms with Gasteiger partial charge in [-0.05, 0) is 18.6 Å². The van der Waals surface area contributed by atoms with Gasteiger partial charge in [-0.1, -0.05) is 36.4 Å². The van der Waals surface area contributed by atoms with Crippen LogP contribution in [0.4, 0.5) is 16.3 Å². The maximum Gasteiger partial charge on any atom is 0.243 e. The number of hydrogen-bond donors (Lipinski definition) is 2. The zero-order valence-corrected chi connectivity index (χ0v) is 21.9. The molecule has 0 amide bonds. The van der Waals surface area contributed by atoms with Gasteiger partial charge in [0.05, 0.1) is 32.7 Å². The topological polar surface area (TPSA) is 145 Å². The molecular formula is C25H26FN7O5S. The number of nitrogens with zero attached hydrogens (tertiary/aromatic N) is 6. The van der Waals surface area contributed by atoms with Crippen molar-refractivity contribution in [2.45, 2.75) is 17.8 Å². The Morgan fingerprint density at radius 2 is 1.64 bits per heavy atom. The standard InChI is InChI=1S/C25H26FN7O5S/c1-37-20-9-6-10-21(38-2)22(20)33-23(16-7-4-3-5-8-16)29-30-25(33)31-39(35,36)19-11-18(34)14-32(15-19)24-27-12-17(26)13-28-24/h3-10,12-13,18-19,34H,11,14-15H2,1-2H3,(H,30,31)/t18-,19+/m1/s1. The second kappa shape index (κ2) is 10.8. The van der Waals surface area contributed by atoms with Gasteiger partial charge in [-0.2, -0.15) is 0 Å². The molecule has 14 heteroatoms. The van der Waals surface area contributed by atoms with E-state index >= 15 is 0 Å². The molecule has 4 aromatic rings. The first kappa shape index (κ1) is 26.3. The molecule has 2 aromatic heterocycles. The quantitative estimate of drug-likeness (QED) is 0.332. The highest BCUT2D eigenvalue weighted by Gasteiger charge is 2.37. The van der Waals surface area contributed by atoms with Crippen molar-refractivity contribution in [1.82, 2.24) is 24.7 Å². The fourth-order valence-electron chi connectivity index (χ4n) is 4.48. The van der Waals surface area contributed by atoms with Crippen LogP contribution >= 0.6 is 0 Å². The number of anilines is 2. The van der Waals surface area contributed by atoms with Crippen molar-refractivity contribution in [3.05, 3.63) is 66.7 Å². The molecule has 1 aliphatic heterocycles. The molecule has 2 N–H and O–H groups in total. The normalized spacial score (nSPS) is 17.6. The lowest BCUT2D eigenvalue weighted by Gasteiger charge is -2.35. The van der Waals surface area contributed by atoms with Crippen LogP contribution in [-0.2, 0) is 10.0 Å². The summed E-state index contributed by atoms with van der Waals surface area (Å²) in [5.41, 5.74) is 1.07. The van der Waals surface area contributed by atoms with Crippen molar-refractivity contribution < 1.29 is 27.4 Å². The van der Waals surface area contributed by atoms with Crippen molar-refractivity contribution in [1.29, 1.82) is 0 Å². The van der Waals surface area contributed by atoms with Crippen molar-refractivity contribution in [3.63, 3.8) is 0 Å². The van der Waals surface area contributed by atoms with Crippen molar-refractivity contribution in [3.8, 4) is 28.6 Å². The Morgan fingerprint density at radius 3 is 2.28 bits per heavy atom. The van der Waals surface area contributed by atoms with Gasteiger partial charge < -0.3 is 19.5 Å². The third-order valence-corrected chi connectivity index (χ3v) is 7.96. The van der Waals surface area contributed by atoms with E-state index in [2.05, 4.69) is 24.9 Å². The summed E-state index contributed by atoms with van der Waals surface area (Å²) in [6.07, 6.45) is 0.949. The zero-order chi connectivity index (χ0) is 27.6. The molecule has 39 heavy (non-hydrogen) atoms. The van der Waals surface area contributed by atoms with Crippen molar-refractivity contribution >= 4 is 21.9 Å². The van der Waals surface area contributed by atoms with E-state index in [-0.39, 0.29) is 31.4 Å². The Morgan fingerprint density at radius 1 is 0.974 bits per heavy atom. The van der Waals surface area contributed by atoms with Gasteiger partial charge in [0.25, 0.3) is 0 Å². The number of piperidine rings is 1. The van der Waals surface area contributed by atoms with Crippen LogP contribution in [0.5, 0.6) is 11.5 Å². The summed E-state index contributed by atoms with van der Waals surface area (Å²) in [4.78, 5) is 9.35. The first-order valence-electron chi connectivity index (χ1n) is 11.9. The third-order valence-electron chi connectivity index (χ3n) is 6.27. The van der Waals surface area contributed by atoms with Crippen LogP contribution in [0, 0.1) is 5.82 Å². The highest BCUT2D eigenvalue weighted by molar-refractivity contribution is 7.93. The predicted molar refractivity (Wildman–Crippen MR) is 141 cm³/mol. The third kappa shape index (κ3) is 5.33. The molecule has 5 rings (SSSR count). The summed E-state index contributed by atoms with van der Waals surface area (Å²) >= 11 is 0. The van der Waals surface area contributed by atoms with Crippen LogP contribution in [0.25, 0.3) is 17.1 Å². The van der Waals surface area contributed by atoms with Crippen molar-refractivity contribution in [2.75, 3.05) is 36.9 Å². The van der Waals surface area contributed by atoms with Crippen LogP contribution in [0.15, 0.2) is 60.9 Å². The lowest BCUT2D eigenvalue weighted by molar-refractivity contribution is 0.154. The number of aliphatic hydroxyl groups excluding tert-OH is 1. The summed E-state index contributed by atoms with van der Waals surface area (Å²) in [6, 6.07) is 14.3. The molecule has 0 saturated carbocycles. The minimum absolute atomic E-state index is 0.0321. The lowest BCUT2D eigenvalue weighted by atomic mass is 10.1. The second-order valence-corrected chi connectivity index (χ2v) is 10.8. The molecule has 0 aliphatic carbocycles. The van der Waals surface area contributed by atoms with E-state index in [9.17, 15) is 17.9 Å². The number of aliphatic hydroxyl groups is 1. The van der Waals surface area contributed by atoms with Crippen LogP contribution in [0.3, 0.4) is 0 Å². The number of rotatable bonds is 8. The molecule has 12 nitrogen and oxygen atoms in total. The van der Waals surface area contributed by atoms with E-state index in [1.54, 1.807) is 18.2 Å². The van der Waals surface area contributed by atoms with E-state index in [1.165, 1.54) is 23.7 Å². The average molecular weight is 556 g/mol. The molecule has 2 aromatic carbocycles. The number of β-amino-alcohol motifs (C(OH)–C–C–N with tert-alkyl or cyclic N) is 1. The molecule has 3 heterocycles. The van der Waals surface area contributed by atoms with E-state index in [0.717, 1.165) is 12.4 Å². The number of sulfonamides is 1. The van der Waals surface area contributed by atoms with Crippen molar-refractivity contribution in [2.24, 2.45) is 0 Å². The Hall–Kier alpha value is -4.30. The minimum Gasteiger partial charge on any atom is -0.494 e. The first-order valence-corrected chi connectivity index (χ1v) is 13.5. The molecule has 1 saturated heterocycles. The fourth-order valence-corrected chi connectivity index (χ4v) is 5.89. The number of aromatic nitrogens is 5. The zero-order valence-electron chi connectivity index (χ0n) is 21.1. The predicted octanol–water partition coefficient (Wildman–Crippen LogP) is 2.26. The highest BCUT2D eigenvalue weighted by atomic mass is 32.2. The first-order chi connectivity index (χ1) is 18.8. The smallest absolute Gasteiger partial charge is 0.243 e. The van der Waals surface area contributed by atoms with Gasteiger partial charge in [-0.25, -0.2) is 22.8 Å². The maximum absolute atomic E-state index is 13.7. The molecule has 2 atom stereocenters. The lowest BCUT2D eigenvalue weighted by Crippen LogP contribution is -2.50. The highest BCUT2D eigenvalue weighted by Crippen LogP contribution is 2.38. The summed E-state index contributed by atoms with van der Waals surface area (Å²) in [6.45, 7) is 0.0695. The molecular weight excluding hydrogens is 529 g/mol. The number of methoxy groups -OCH3 is 2. The van der Waals surface area contributed by atoms with Gasteiger partial charge in [0.1, 0.15) is 22.4 Å². The number of benzene rings is 2. The number of nitrogens with one attached hydrogen (secondary N) is 1. The average Bonchev–Trinajstić information content (AvgIpc) is 3.35. The van der Waals surface area contributed by atoms with Crippen LogP contribution in [0.2, 0.25) is 0 Å². The van der Waals surface area contributed by atoms with Gasteiger partial charge in [0.15, 0.2) is 11.6 Å². The van der Waals surface area contributed by atoms with E-state index < -0.39 is 27.2 Å². The van der Waals surface area contributed by atoms with E-state index in [0.29, 0.717) is 28.6 Å². The molecule has 1 aliphatic rings. The number of halogens is 1. The Labute approximate surface area is 224 Å². The summed E-state index contributed by atoms with van der Waals surface area (Å²) in [5, 5.41) is 17.9. The van der Waals surface area contributed by atoms with Gasteiger partial charge in [0, 0.05) is 18.7 Å². The van der Waals surface area contributed by atoms with E-state index in [4.69, 9.17) is 9.47 Å². The summed E-state index contributed by atoms with van der Waals surface area (Å²) in [5.74, 6) is 0.549. The molecule has 204 valence electrons. The van der Waals surface area contributed by atoms with Gasteiger partial charge in [0.2, 0.25) is 21.9 Å². The van der Waals surface area contributed by atoms with Gasteiger partial charge in [-0.15, -0.1) is 10.2 Å². The number of hydrogen-bond acceptors (Lipinski definition) is 10. The summed E-state index contributed by atoms with van der Waals surface area (Å²) < 4.78 is 55.9. The van der Waals surface area contributed by atoms with Crippen LogP contribution in [-0.4, -0.2) is 76.9 Å². The Balaban J connectivity index is 1.55. The molecule has 1 fully saturated rings. The Kier molecular flexibility index (Phi) is 7.30. The SMILES string of the molecule is COc1cccc(OC)c1-n1c(NS(=O)(=O)[C@H]2C[C@@H](O)CN(c3ncc(F)cn3)C2)nnc1-c1ccccc1. The molecule has 0 unspecified atom stereocenters. The fraction of sp³-hybridized carbons (Fsp3) is 0.280. The molecule has 0 bridgehead atoms. The largest absolute Gasteiger partial charge is 0.494 e. The van der Waals surface area contributed by atoms with Crippen LogP contribution < -0.4 is 19.1 Å². The summed E-state index contributed by atoms with van der Waals surface area (Å²) in [7, 11) is -1.16. The maximum atomic E-state index is 13.7. The molecule has 0 radical (unpaired) electrons.